The van der Waals surface area contributed by atoms with Crippen LogP contribution in [0.3, 0.4) is 0 Å². The molecule has 164 valence electrons. The molecule has 0 spiro atoms. The van der Waals surface area contributed by atoms with E-state index >= 15 is 0 Å². The van der Waals surface area contributed by atoms with Crippen LogP contribution in [-0.4, -0.2) is 62.6 Å². The Hall–Kier alpha value is -1.13. The van der Waals surface area contributed by atoms with Crippen LogP contribution in [0.15, 0.2) is 23.3 Å². The van der Waals surface area contributed by atoms with Gasteiger partial charge in [-0.2, -0.15) is 0 Å². The quantitative estimate of drug-likeness (QED) is 0.293. The fourth-order valence-corrected chi connectivity index (χ4v) is 3.94. The number of nitrogens with one attached hydrogen (secondary N) is 2. The van der Waals surface area contributed by atoms with Crippen molar-refractivity contribution in [3.8, 4) is 0 Å². The highest BCUT2D eigenvalue weighted by atomic mass is 127. The predicted molar refractivity (Wildman–Crippen MR) is 128 cm³/mol. The molecule has 1 aromatic rings. The molecule has 0 saturated carbocycles. The Bertz CT molecular complexity index is 626. The van der Waals surface area contributed by atoms with E-state index in [4.69, 9.17) is 4.74 Å². The van der Waals surface area contributed by atoms with Crippen molar-refractivity contribution in [2.45, 2.75) is 39.2 Å². The molecule has 2 fully saturated rings. The van der Waals surface area contributed by atoms with Gasteiger partial charge in [0.05, 0.1) is 6.61 Å². The molecule has 1 unspecified atom stereocenters. The third-order valence-corrected chi connectivity index (χ3v) is 6.06. The van der Waals surface area contributed by atoms with Gasteiger partial charge in [-0.05, 0) is 43.2 Å². The summed E-state index contributed by atoms with van der Waals surface area (Å²) in [6, 6.07) is 4.26. The predicted octanol–water partition coefficient (Wildman–Crippen LogP) is 2.39. The number of guanidine groups is 1. The van der Waals surface area contributed by atoms with Crippen molar-refractivity contribution in [2.75, 3.05) is 51.4 Å². The van der Waals surface area contributed by atoms with E-state index in [0.717, 1.165) is 62.3 Å². The highest BCUT2D eigenvalue weighted by Crippen LogP contribution is 2.31. The highest BCUT2D eigenvalue weighted by molar-refractivity contribution is 14.0. The first-order valence-corrected chi connectivity index (χ1v) is 10.5. The van der Waals surface area contributed by atoms with Gasteiger partial charge in [-0.1, -0.05) is 13.0 Å². The monoisotopic (exact) mass is 517 g/mol. The number of aliphatic imine (C=N–C) groups is 1. The van der Waals surface area contributed by atoms with E-state index in [1.165, 1.54) is 12.8 Å². The standard InChI is InChI=1S/C21H35N5O2.HI/c1-17-5-9-26(10-6-17)19-4-3-18(13-23-19)14-24-20(22-2)25-15-21(7-11-27)8-12-28-16-21;/h3-4,13,17,27H,5-12,14-16H2,1-2H3,(H2,22,24,25);1H. The van der Waals surface area contributed by atoms with Gasteiger partial charge in [0, 0.05) is 58.1 Å². The summed E-state index contributed by atoms with van der Waals surface area (Å²) in [7, 11) is 1.78. The average molecular weight is 517 g/mol. The summed E-state index contributed by atoms with van der Waals surface area (Å²) in [5.41, 5.74) is 1.13. The molecule has 0 amide bonds. The van der Waals surface area contributed by atoms with E-state index in [1.807, 2.05) is 6.20 Å². The minimum atomic E-state index is 0. The fraction of sp³-hybridized carbons (Fsp3) is 0.714. The molecule has 2 aliphatic rings. The molecular weight excluding hydrogens is 481 g/mol. The molecule has 3 rings (SSSR count). The number of hydrogen-bond donors (Lipinski definition) is 3. The molecular formula is C21H36IN5O2. The van der Waals surface area contributed by atoms with E-state index in [-0.39, 0.29) is 36.0 Å². The second-order valence-electron chi connectivity index (χ2n) is 8.25. The van der Waals surface area contributed by atoms with Crippen molar-refractivity contribution < 1.29 is 9.84 Å². The van der Waals surface area contributed by atoms with Crippen molar-refractivity contribution in [3.05, 3.63) is 23.9 Å². The van der Waals surface area contributed by atoms with Gasteiger partial charge in [-0.3, -0.25) is 4.99 Å². The van der Waals surface area contributed by atoms with Crippen molar-refractivity contribution in [2.24, 2.45) is 16.3 Å². The first-order chi connectivity index (χ1) is 13.6. The highest BCUT2D eigenvalue weighted by Gasteiger charge is 2.34. The smallest absolute Gasteiger partial charge is 0.191 e. The van der Waals surface area contributed by atoms with Gasteiger partial charge in [0.1, 0.15) is 5.82 Å². The second-order valence-corrected chi connectivity index (χ2v) is 8.25. The zero-order chi connectivity index (χ0) is 19.8. The third-order valence-electron chi connectivity index (χ3n) is 6.06. The van der Waals surface area contributed by atoms with E-state index < -0.39 is 0 Å². The Balaban J connectivity index is 0.00000300. The number of anilines is 1. The Kier molecular flexibility index (Phi) is 9.91. The van der Waals surface area contributed by atoms with Crippen LogP contribution in [0, 0.1) is 11.3 Å². The fourth-order valence-electron chi connectivity index (χ4n) is 3.94. The molecule has 29 heavy (non-hydrogen) atoms. The van der Waals surface area contributed by atoms with Crippen LogP contribution in [0.4, 0.5) is 5.82 Å². The molecule has 8 heteroatoms. The van der Waals surface area contributed by atoms with Gasteiger partial charge in [0.15, 0.2) is 5.96 Å². The lowest BCUT2D eigenvalue weighted by molar-refractivity contribution is 0.127. The molecule has 2 saturated heterocycles. The van der Waals surface area contributed by atoms with Crippen LogP contribution in [0.2, 0.25) is 0 Å². The number of pyridine rings is 1. The average Bonchev–Trinajstić information content (AvgIpc) is 3.18. The van der Waals surface area contributed by atoms with Gasteiger partial charge >= 0.3 is 0 Å². The van der Waals surface area contributed by atoms with Crippen molar-refractivity contribution >= 4 is 35.8 Å². The number of aromatic nitrogens is 1. The minimum Gasteiger partial charge on any atom is -0.396 e. The van der Waals surface area contributed by atoms with Crippen LogP contribution in [-0.2, 0) is 11.3 Å². The number of halogens is 1. The van der Waals surface area contributed by atoms with Gasteiger partial charge in [0.2, 0.25) is 0 Å². The van der Waals surface area contributed by atoms with Crippen molar-refractivity contribution in [1.82, 2.24) is 15.6 Å². The molecule has 0 bridgehead atoms. The summed E-state index contributed by atoms with van der Waals surface area (Å²) in [5.74, 6) is 2.66. The lowest BCUT2D eigenvalue weighted by Gasteiger charge is -2.31. The SMILES string of the molecule is CN=C(NCc1ccc(N2CCC(C)CC2)nc1)NCC1(CCO)CCOC1.I. The number of nitrogens with zero attached hydrogens (tertiary/aromatic N) is 3. The van der Waals surface area contributed by atoms with Crippen LogP contribution in [0.1, 0.15) is 38.2 Å². The molecule has 1 aromatic heterocycles. The third kappa shape index (κ3) is 6.96. The first kappa shape index (κ1) is 24.1. The molecule has 3 heterocycles. The molecule has 0 aromatic carbocycles. The molecule has 3 N–H and O–H groups in total. The maximum atomic E-state index is 9.36. The van der Waals surface area contributed by atoms with Gasteiger partial charge in [-0.25, -0.2) is 4.98 Å². The van der Waals surface area contributed by atoms with Crippen LogP contribution >= 0.6 is 24.0 Å². The summed E-state index contributed by atoms with van der Waals surface area (Å²) >= 11 is 0. The maximum Gasteiger partial charge on any atom is 0.191 e. The Morgan fingerprint density at radius 1 is 1.34 bits per heavy atom. The van der Waals surface area contributed by atoms with Crippen LogP contribution < -0.4 is 15.5 Å². The Morgan fingerprint density at radius 3 is 2.72 bits per heavy atom. The van der Waals surface area contributed by atoms with E-state index in [0.29, 0.717) is 13.2 Å². The van der Waals surface area contributed by atoms with Crippen LogP contribution in [0.5, 0.6) is 0 Å². The number of aliphatic hydroxyl groups is 1. The first-order valence-electron chi connectivity index (χ1n) is 10.5. The molecule has 7 nitrogen and oxygen atoms in total. The zero-order valence-corrected chi connectivity index (χ0v) is 20.0. The minimum absolute atomic E-state index is 0. The molecule has 1 atom stereocenters. The Morgan fingerprint density at radius 2 is 2.14 bits per heavy atom. The lowest BCUT2D eigenvalue weighted by atomic mass is 9.84. The van der Waals surface area contributed by atoms with Gasteiger partial charge < -0.3 is 25.4 Å². The number of ether oxygens (including phenoxy) is 1. The van der Waals surface area contributed by atoms with Crippen molar-refractivity contribution in [3.63, 3.8) is 0 Å². The van der Waals surface area contributed by atoms with E-state index in [9.17, 15) is 5.11 Å². The molecule has 0 aliphatic carbocycles. The van der Waals surface area contributed by atoms with Crippen LogP contribution in [0.25, 0.3) is 0 Å². The van der Waals surface area contributed by atoms with Gasteiger partial charge in [0.25, 0.3) is 0 Å². The second kappa shape index (κ2) is 11.9. The summed E-state index contributed by atoms with van der Waals surface area (Å²) in [6.07, 6.45) is 6.16. The van der Waals surface area contributed by atoms with E-state index in [2.05, 4.69) is 44.6 Å². The summed E-state index contributed by atoms with van der Waals surface area (Å²) in [4.78, 5) is 11.3. The van der Waals surface area contributed by atoms with Gasteiger partial charge in [-0.15, -0.1) is 24.0 Å². The zero-order valence-electron chi connectivity index (χ0n) is 17.7. The number of hydrogen-bond acceptors (Lipinski definition) is 5. The summed E-state index contributed by atoms with van der Waals surface area (Å²) in [5, 5.41) is 16.1. The Labute approximate surface area is 191 Å². The number of rotatable bonds is 7. The lowest BCUT2D eigenvalue weighted by Crippen LogP contribution is -2.44. The number of piperidine rings is 1. The summed E-state index contributed by atoms with van der Waals surface area (Å²) < 4.78 is 5.55. The normalized spacial score (nSPS) is 23.0. The van der Waals surface area contributed by atoms with E-state index in [1.54, 1.807) is 7.05 Å². The number of aliphatic hydroxyl groups excluding tert-OH is 1. The molecule has 0 radical (unpaired) electrons. The topological polar surface area (TPSA) is 82.0 Å². The maximum absolute atomic E-state index is 9.36. The summed E-state index contributed by atoms with van der Waals surface area (Å²) in [6.45, 7) is 7.59. The molecule has 2 aliphatic heterocycles. The van der Waals surface area contributed by atoms with Crippen molar-refractivity contribution in [1.29, 1.82) is 0 Å². The largest absolute Gasteiger partial charge is 0.396 e.